The van der Waals surface area contributed by atoms with Crippen LogP contribution in [0.25, 0.3) is 21.9 Å². The normalized spacial score (nSPS) is 21.4. The summed E-state index contributed by atoms with van der Waals surface area (Å²) in [7, 11) is 0. The Balaban J connectivity index is 1.06. The van der Waals surface area contributed by atoms with Gasteiger partial charge in [-0.05, 0) is 119 Å². The Morgan fingerprint density at radius 2 is 1.49 bits per heavy atom. The molecule has 6 aromatic rings. The molecule has 10 rings (SSSR count). The molecule has 4 heteroatoms. The van der Waals surface area contributed by atoms with Crippen LogP contribution in [0.1, 0.15) is 50.7 Å². The molecule has 1 fully saturated rings. The summed E-state index contributed by atoms with van der Waals surface area (Å²) in [5.41, 5.74) is 17.3. The molecule has 2 N–H and O–H groups in total. The monoisotopic (exact) mass is 607 g/mol. The van der Waals surface area contributed by atoms with Crippen LogP contribution >= 0.6 is 0 Å². The average Bonchev–Trinajstić information content (AvgIpc) is 3.30. The van der Waals surface area contributed by atoms with Crippen molar-refractivity contribution < 1.29 is 0 Å². The van der Waals surface area contributed by atoms with E-state index < -0.39 is 0 Å². The molecule has 4 aliphatic rings. The fourth-order valence-corrected chi connectivity index (χ4v) is 9.70. The molecule has 3 nitrogen and oxygen atoms in total. The zero-order valence-electron chi connectivity index (χ0n) is 27.3. The number of anilines is 6. The summed E-state index contributed by atoms with van der Waals surface area (Å²) in [5, 5.41) is 10.2. The van der Waals surface area contributed by atoms with Crippen LogP contribution in [0.3, 0.4) is 0 Å². The number of para-hydroxylation sites is 1. The van der Waals surface area contributed by atoms with Crippen molar-refractivity contribution in [3.8, 4) is 11.1 Å². The second-order valence-electron chi connectivity index (χ2n) is 14.8. The van der Waals surface area contributed by atoms with E-state index in [1.807, 2.05) is 0 Å². The lowest BCUT2D eigenvalue weighted by Gasteiger charge is -2.52. The highest BCUT2D eigenvalue weighted by Gasteiger charge is 2.60. The summed E-state index contributed by atoms with van der Waals surface area (Å²) in [6.45, 7) is 7.55. The summed E-state index contributed by atoms with van der Waals surface area (Å²) >= 11 is 0. The van der Waals surface area contributed by atoms with Crippen LogP contribution < -0.4 is 31.9 Å². The number of hydrogen-bond donors (Lipinski definition) is 2. The molecule has 0 radical (unpaired) electrons. The summed E-state index contributed by atoms with van der Waals surface area (Å²) in [6.07, 6.45) is 5.09. The van der Waals surface area contributed by atoms with Crippen molar-refractivity contribution in [1.82, 2.24) is 0 Å². The fourth-order valence-electron chi connectivity index (χ4n) is 9.70. The van der Waals surface area contributed by atoms with Crippen molar-refractivity contribution in [3.63, 3.8) is 0 Å². The molecule has 3 heterocycles. The van der Waals surface area contributed by atoms with Gasteiger partial charge in [0.05, 0.1) is 5.54 Å². The fraction of sp³-hybridized carbons (Fsp3) is 0.209. The number of aryl methyl sites for hydroxylation is 1. The van der Waals surface area contributed by atoms with Crippen LogP contribution in [0.2, 0.25) is 0 Å². The molecule has 2 atom stereocenters. The standard InChI is InChI=1S/C43H38BN3/c1-27-22-38-40-39(23-27)47-41-34(42(2)20-6-7-21-43(42,47)3)14-9-15-36(41)44(40)35-19-18-33(26-37(35)46-38)45-32-13-8-12-30(25-32)31-17-16-28-10-4-5-11-29(28)24-31/h4-5,8-19,22-26,45-46H,6-7,20-21H2,1-3H3. The van der Waals surface area contributed by atoms with Crippen molar-refractivity contribution in [3.05, 3.63) is 126 Å². The number of nitrogens with one attached hydrogen (secondary N) is 2. The third-order valence-electron chi connectivity index (χ3n) is 12.2. The Bertz CT molecular complexity index is 2290. The smallest absolute Gasteiger partial charge is 0.252 e. The highest BCUT2D eigenvalue weighted by Crippen LogP contribution is 2.61. The zero-order valence-corrected chi connectivity index (χ0v) is 27.3. The van der Waals surface area contributed by atoms with Gasteiger partial charge in [-0.15, -0.1) is 0 Å². The Morgan fingerprint density at radius 1 is 0.681 bits per heavy atom. The maximum absolute atomic E-state index is 3.92. The number of fused-ring (bicyclic) bond motifs is 8. The molecular weight excluding hydrogens is 569 g/mol. The molecule has 228 valence electrons. The average molecular weight is 608 g/mol. The molecule has 1 saturated carbocycles. The summed E-state index contributed by atoms with van der Waals surface area (Å²) in [4.78, 5) is 2.78. The first-order valence-electron chi connectivity index (χ1n) is 17.3. The van der Waals surface area contributed by atoms with Gasteiger partial charge in [0.1, 0.15) is 0 Å². The van der Waals surface area contributed by atoms with E-state index in [0.717, 1.165) is 11.4 Å². The first-order valence-corrected chi connectivity index (χ1v) is 17.3. The van der Waals surface area contributed by atoms with Crippen molar-refractivity contribution >= 4 is 68.0 Å². The maximum atomic E-state index is 3.92. The van der Waals surface area contributed by atoms with Gasteiger partial charge in [-0.2, -0.15) is 0 Å². The Hall–Kier alpha value is -4.96. The second kappa shape index (κ2) is 9.54. The van der Waals surface area contributed by atoms with E-state index in [4.69, 9.17) is 0 Å². The van der Waals surface area contributed by atoms with Crippen molar-refractivity contribution in [2.24, 2.45) is 0 Å². The van der Waals surface area contributed by atoms with E-state index in [1.54, 1.807) is 5.56 Å². The lowest BCUT2D eigenvalue weighted by Crippen LogP contribution is -2.63. The highest BCUT2D eigenvalue weighted by atomic mass is 15.3. The van der Waals surface area contributed by atoms with E-state index >= 15 is 0 Å². The predicted molar refractivity (Wildman–Crippen MR) is 201 cm³/mol. The molecule has 0 amide bonds. The number of nitrogens with zero attached hydrogens (tertiary/aromatic N) is 1. The topological polar surface area (TPSA) is 27.3 Å². The first-order chi connectivity index (χ1) is 22.9. The molecule has 1 aliphatic carbocycles. The third kappa shape index (κ3) is 3.70. The van der Waals surface area contributed by atoms with Crippen molar-refractivity contribution in [2.75, 3.05) is 15.5 Å². The molecule has 47 heavy (non-hydrogen) atoms. The predicted octanol–water partition coefficient (Wildman–Crippen LogP) is 9.19. The third-order valence-corrected chi connectivity index (χ3v) is 12.2. The number of benzene rings is 6. The minimum absolute atomic E-state index is 0.0751. The Kier molecular flexibility index (Phi) is 5.52. The van der Waals surface area contributed by atoms with Gasteiger partial charge in [0.2, 0.25) is 0 Å². The maximum Gasteiger partial charge on any atom is 0.252 e. The summed E-state index contributed by atoms with van der Waals surface area (Å²) in [5.74, 6) is 0. The first kappa shape index (κ1) is 27.2. The van der Waals surface area contributed by atoms with Crippen LogP contribution in [-0.2, 0) is 5.41 Å². The second-order valence-corrected chi connectivity index (χ2v) is 14.8. The quantitative estimate of drug-likeness (QED) is 0.196. The van der Waals surface area contributed by atoms with Gasteiger partial charge < -0.3 is 15.5 Å². The molecule has 3 aliphatic heterocycles. The van der Waals surface area contributed by atoms with E-state index in [2.05, 4.69) is 152 Å². The Morgan fingerprint density at radius 3 is 2.40 bits per heavy atom. The summed E-state index contributed by atoms with van der Waals surface area (Å²) < 4.78 is 0. The highest BCUT2D eigenvalue weighted by molar-refractivity contribution is 7.00. The number of hydrogen-bond acceptors (Lipinski definition) is 3. The van der Waals surface area contributed by atoms with Gasteiger partial charge >= 0.3 is 0 Å². The molecule has 0 aromatic heterocycles. The van der Waals surface area contributed by atoms with Crippen LogP contribution in [0.15, 0.2) is 115 Å². The number of rotatable bonds is 3. The van der Waals surface area contributed by atoms with E-state index in [1.165, 1.54) is 92.3 Å². The lowest BCUT2D eigenvalue weighted by atomic mass is 9.33. The van der Waals surface area contributed by atoms with Crippen molar-refractivity contribution in [2.45, 2.75) is 57.4 Å². The molecule has 0 spiro atoms. The molecule has 0 bridgehead atoms. The van der Waals surface area contributed by atoms with E-state index in [0.29, 0.717) is 0 Å². The SMILES string of the molecule is Cc1cc2c3c(c1)N1c4c(cccc4C4(C)CCCCC14C)B3c1ccc(Nc3cccc(-c4ccc5ccccc5c4)c3)cc1N2. The van der Waals surface area contributed by atoms with Crippen molar-refractivity contribution in [1.29, 1.82) is 0 Å². The summed E-state index contributed by atoms with van der Waals surface area (Å²) in [6, 6.07) is 43.0. The molecule has 0 saturated heterocycles. The van der Waals surface area contributed by atoms with Crippen LogP contribution in [0.5, 0.6) is 0 Å². The van der Waals surface area contributed by atoms with E-state index in [9.17, 15) is 0 Å². The van der Waals surface area contributed by atoms with Crippen LogP contribution in [0.4, 0.5) is 34.1 Å². The van der Waals surface area contributed by atoms with Gasteiger partial charge in [0.25, 0.3) is 6.71 Å². The minimum Gasteiger partial charge on any atom is -0.356 e. The minimum atomic E-state index is 0.0751. The molecule has 6 aromatic carbocycles. The zero-order chi connectivity index (χ0) is 31.5. The van der Waals surface area contributed by atoms with Gasteiger partial charge in [0.15, 0.2) is 0 Å². The van der Waals surface area contributed by atoms with Crippen LogP contribution in [0, 0.1) is 6.92 Å². The van der Waals surface area contributed by atoms with Gasteiger partial charge in [-0.1, -0.05) is 92.6 Å². The Labute approximate surface area is 277 Å². The molecule has 2 unspecified atom stereocenters. The van der Waals surface area contributed by atoms with Crippen LogP contribution in [-0.4, -0.2) is 12.3 Å². The van der Waals surface area contributed by atoms with Gasteiger partial charge in [-0.3, -0.25) is 0 Å². The molecular formula is C43H38BN3. The van der Waals surface area contributed by atoms with E-state index in [-0.39, 0.29) is 17.7 Å². The van der Waals surface area contributed by atoms with Gasteiger partial charge in [0, 0.05) is 39.5 Å². The largest absolute Gasteiger partial charge is 0.356 e. The van der Waals surface area contributed by atoms with Gasteiger partial charge in [-0.25, -0.2) is 0 Å². The lowest BCUT2D eigenvalue weighted by molar-refractivity contribution is 0.195.